The fourth-order valence-electron chi connectivity index (χ4n) is 1.27. The molecule has 0 spiro atoms. The number of hydrazine groups is 1. The van der Waals surface area contributed by atoms with Gasteiger partial charge in [-0.05, 0) is 6.42 Å². The van der Waals surface area contributed by atoms with Gasteiger partial charge in [-0.3, -0.25) is 10.2 Å². The molecule has 0 saturated carbocycles. The normalized spacial score (nSPS) is 21.9. The minimum Gasteiger partial charge on any atom is -0.428 e. The molecular weight excluding hydrogens is 198 g/mol. The Balaban J connectivity index is 2.15. The first kappa shape index (κ1) is 9.81. The summed E-state index contributed by atoms with van der Waals surface area (Å²) in [5.41, 5.74) is 5.96. The maximum absolute atomic E-state index is 11.5. The van der Waals surface area contributed by atoms with E-state index < -0.39 is 0 Å². The number of nitrogens with zero attached hydrogens (tertiary/aromatic N) is 3. The second-order valence-corrected chi connectivity index (χ2v) is 3.16. The minimum absolute atomic E-state index is 0.261. The van der Waals surface area contributed by atoms with Crippen molar-refractivity contribution in [2.45, 2.75) is 12.5 Å². The summed E-state index contributed by atoms with van der Waals surface area (Å²) >= 11 is 0. The van der Waals surface area contributed by atoms with Crippen molar-refractivity contribution in [1.29, 1.82) is 0 Å². The van der Waals surface area contributed by atoms with Gasteiger partial charge in [0, 0.05) is 18.8 Å². The van der Waals surface area contributed by atoms with Crippen LogP contribution in [0.3, 0.4) is 0 Å². The number of carbonyl (C=O) groups is 1. The molecule has 1 atom stereocenters. The molecule has 7 nitrogen and oxygen atoms in total. The van der Waals surface area contributed by atoms with Crippen molar-refractivity contribution in [2.75, 3.05) is 6.54 Å². The molecule has 1 amide bonds. The number of rotatable bonds is 1. The van der Waals surface area contributed by atoms with Crippen molar-refractivity contribution >= 4 is 5.91 Å². The van der Waals surface area contributed by atoms with Crippen molar-refractivity contribution < 1.29 is 10.0 Å². The fourth-order valence-corrected chi connectivity index (χ4v) is 1.27. The van der Waals surface area contributed by atoms with Crippen molar-refractivity contribution in [3.63, 3.8) is 0 Å². The van der Waals surface area contributed by atoms with E-state index in [2.05, 4.69) is 20.8 Å². The highest BCUT2D eigenvalue weighted by Gasteiger charge is 2.20. The van der Waals surface area contributed by atoms with Crippen molar-refractivity contribution in [1.82, 2.24) is 20.6 Å². The van der Waals surface area contributed by atoms with Crippen LogP contribution in [0.1, 0.15) is 6.42 Å². The molecule has 1 aromatic rings. The van der Waals surface area contributed by atoms with E-state index >= 15 is 0 Å². The van der Waals surface area contributed by atoms with Gasteiger partial charge < -0.3 is 5.21 Å². The van der Waals surface area contributed by atoms with Crippen molar-refractivity contribution in [3.8, 4) is 0 Å². The number of aromatic nitrogens is 2. The standard InChI is InChI=1S/C8H11N5O2/c14-8(6-1-3-10-12-6)11-7-2-4-13(15)5-9-7/h2,4-6,10,12,15H,1,3H2. The molecule has 15 heavy (non-hydrogen) atoms. The molecule has 1 aliphatic rings. The maximum atomic E-state index is 11.5. The monoisotopic (exact) mass is 209 g/mol. The van der Waals surface area contributed by atoms with E-state index in [4.69, 9.17) is 5.21 Å². The second kappa shape index (κ2) is 4.20. The van der Waals surface area contributed by atoms with Crippen LogP contribution in [-0.4, -0.2) is 33.4 Å². The van der Waals surface area contributed by atoms with Crippen LogP contribution in [0.15, 0.2) is 23.6 Å². The van der Waals surface area contributed by atoms with Gasteiger partial charge in [-0.25, -0.2) is 10.4 Å². The van der Waals surface area contributed by atoms with Crippen molar-refractivity contribution in [3.05, 3.63) is 24.1 Å². The fraction of sp³-hybridized carbons (Fsp3) is 0.375. The van der Waals surface area contributed by atoms with Gasteiger partial charge in [0.2, 0.25) is 0 Å². The van der Waals surface area contributed by atoms with E-state index in [0.717, 1.165) is 17.7 Å². The summed E-state index contributed by atoms with van der Waals surface area (Å²) in [5, 5.41) is 8.91. The molecule has 0 bridgehead atoms. The molecule has 0 aliphatic carbocycles. The van der Waals surface area contributed by atoms with E-state index in [0.29, 0.717) is 5.49 Å². The third kappa shape index (κ3) is 2.39. The van der Waals surface area contributed by atoms with Crippen LogP contribution < -0.4 is 16.3 Å². The predicted molar refractivity (Wildman–Crippen MR) is 49.5 cm³/mol. The van der Waals surface area contributed by atoms with Crippen LogP contribution in [0.2, 0.25) is 0 Å². The minimum atomic E-state index is -0.284. The first-order valence-electron chi connectivity index (χ1n) is 4.56. The lowest BCUT2D eigenvalue weighted by Gasteiger charge is -2.02. The average Bonchev–Trinajstić information content (AvgIpc) is 2.74. The van der Waals surface area contributed by atoms with E-state index in [1.165, 1.54) is 18.6 Å². The maximum Gasteiger partial charge on any atom is 0.266 e. The molecule has 2 rings (SSSR count). The van der Waals surface area contributed by atoms with E-state index in [1.807, 2.05) is 0 Å². The largest absolute Gasteiger partial charge is 0.428 e. The van der Waals surface area contributed by atoms with Gasteiger partial charge in [0.05, 0.1) is 0 Å². The second-order valence-electron chi connectivity index (χ2n) is 3.16. The predicted octanol–water partition coefficient (Wildman–Crippen LogP) is -1.59. The van der Waals surface area contributed by atoms with Crippen LogP contribution in [0.4, 0.5) is 0 Å². The topological polar surface area (TPSA) is 91.5 Å². The lowest BCUT2D eigenvalue weighted by atomic mass is 10.2. The molecule has 7 heteroatoms. The summed E-state index contributed by atoms with van der Waals surface area (Å²) in [7, 11) is 0. The molecule has 80 valence electrons. The highest BCUT2D eigenvalue weighted by Crippen LogP contribution is 1.97. The van der Waals surface area contributed by atoms with E-state index in [9.17, 15) is 4.79 Å². The first-order chi connectivity index (χ1) is 7.25. The Morgan fingerprint density at radius 2 is 2.60 bits per heavy atom. The van der Waals surface area contributed by atoms with E-state index in [-0.39, 0.29) is 11.9 Å². The summed E-state index contributed by atoms with van der Waals surface area (Å²) in [6.07, 6.45) is 3.25. The number of carbonyl (C=O) groups excluding carboxylic acids is 1. The van der Waals surface area contributed by atoms with Crippen LogP contribution in [0, 0.1) is 0 Å². The lowest BCUT2D eigenvalue weighted by Crippen LogP contribution is -2.36. The van der Waals surface area contributed by atoms with Gasteiger partial charge in [-0.1, -0.05) is 0 Å². The van der Waals surface area contributed by atoms with Gasteiger partial charge in [0.25, 0.3) is 5.91 Å². The zero-order valence-electron chi connectivity index (χ0n) is 7.92. The van der Waals surface area contributed by atoms with Crippen molar-refractivity contribution in [2.24, 2.45) is 4.99 Å². The number of nitrogens with one attached hydrogen (secondary N) is 2. The first-order valence-corrected chi connectivity index (χ1v) is 4.56. The average molecular weight is 209 g/mol. The van der Waals surface area contributed by atoms with Crippen LogP contribution >= 0.6 is 0 Å². The summed E-state index contributed by atoms with van der Waals surface area (Å²) in [6, 6.07) is 1.17. The zero-order chi connectivity index (χ0) is 10.7. The zero-order valence-corrected chi connectivity index (χ0v) is 7.92. The smallest absolute Gasteiger partial charge is 0.266 e. The van der Waals surface area contributed by atoms with Gasteiger partial charge >= 0.3 is 0 Å². The molecule has 1 fully saturated rings. The summed E-state index contributed by atoms with van der Waals surface area (Å²) < 4.78 is 0.791. The lowest BCUT2D eigenvalue weighted by molar-refractivity contribution is -0.119. The molecule has 1 aromatic heterocycles. The summed E-state index contributed by atoms with van der Waals surface area (Å²) in [5.74, 6) is -0.261. The number of hydrogen-bond donors (Lipinski definition) is 3. The summed E-state index contributed by atoms with van der Waals surface area (Å²) in [6.45, 7) is 0.755. The Bertz CT molecular complexity index is 401. The van der Waals surface area contributed by atoms with Crippen LogP contribution in [0.25, 0.3) is 0 Å². The summed E-state index contributed by atoms with van der Waals surface area (Å²) in [4.78, 5) is 19.1. The third-order valence-corrected chi connectivity index (χ3v) is 2.04. The Kier molecular flexibility index (Phi) is 2.75. The number of amides is 1. The van der Waals surface area contributed by atoms with Crippen LogP contribution in [0.5, 0.6) is 0 Å². The Labute approximate surface area is 85.4 Å². The molecule has 3 N–H and O–H groups in total. The highest BCUT2D eigenvalue weighted by molar-refractivity contribution is 5.82. The number of hydrogen-bond acceptors (Lipinski definition) is 5. The molecule has 1 unspecified atom stereocenters. The van der Waals surface area contributed by atoms with E-state index in [1.54, 1.807) is 0 Å². The van der Waals surface area contributed by atoms with Crippen LogP contribution in [-0.2, 0) is 4.79 Å². The Morgan fingerprint density at radius 3 is 3.20 bits per heavy atom. The SMILES string of the molecule is O=C(N=c1ccn(O)cn1)C1CCNN1. The highest BCUT2D eigenvalue weighted by atomic mass is 16.5. The molecule has 1 aliphatic heterocycles. The third-order valence-electron chi connectivity index (χ3n) is 2.04. The quantitative estimate of drug-likeness (QED) is 0.485. The molecular formula is C8H11N5O2. The molecule has 1 saturated heterocycles. The van der Waals surface area contributed by atoms with Gasteiger partial charge in [-0.15, -0.1) is 0 Å². The van der Waals surface area contributed by atoms with Gasteiger partial charge in [0.1, 0.15) is 12.4 Å². The van der Waals surface area contributed by atoms with Gasteiger partial charge in [0.15, 0.2) is 5.49 Å². The molecule has 0 radical (unpaired) electrons. The Hall–Kier alpha value is -1.73. The molecule has 2 heterocycles. The van der Waals surface area contributed by atoms with Gasteiger partial charge in [-0.2, -0.15) is 9.72 Å². The molecule has 0 aromatic carbocycles. The Morgan fingerprint density at radius 1 is 1.73 bits per heavy atom.